The molecule has 0 bridgehead atoms. The average molecular weight is 207 g/mol. The Bertz CT molecular complexity index is 123. The van der Waals surface area contributed by atoms with Gasteiger partial charge in [0.2, 0.25) is 5.91 Å². The molecule has 0 aromatic rings. The molecule has 0 fully saturated rings. The molecule has 0 atom stereocenters. The van der Waals surface area contributed by atoms with Crippen molar-refractivity contribution in [1.29, 1.82) is 0 Å². The maximum atomic E-state index is 10.3. The number of amides is 1. The summed E-state index contributed by atoms with van der Waals surface area (Å²) in [6.45, 7) is 4.15. The summed E-state index contributed by atoms with van der Waals surface area (Å²) >= 11 is 3.35. The second-order valence-corrected chi connectivity index (χ2v) is 3.78. The first-order chi connectivity index (χ1) is 4.48. The Hall–Kier alpha value is -0.0500. The van der Waals surface area contributed by atoms with Gasteiger partial charge >= 0.3 is 0 Å². The molecule has 3 heteroatoms. The molecule has 0 unspecified atom stereocenters. The van der Waals surface area contributed by atoms with Crippen LogP contribution in [0.2, 0.25) is 0 Å². The van der Waals surface area contributed by atoms with Crippen molar-refractivity contribution in [3.63, 3.8) is 0 Å². The Kier molecular flexibility index (Phi) is 3.94. The van der Waals surface area contributed by atoms with Crippen molar-refractivity contribution in [2.24, 2.45) is 5.41 Å². The Morgan fingerprint density at radius 1 is 1.60 bits per heavy atom. The standard InChI is InChI=1S/C7H13BrNO/c1-7(2,5-8)4-3-6(9)10/h9H,3-5H2,1-2H3. The van der Waals surface area contributed by atoms with E-state index in [-0.39, 0.29) is 5.41 Å². The maximum Gasteiger partial charge on any atom is 0.238 e. The molecule has 0 spiro atoms. The van der Waals surface area contributed by atoms with Crippen LogP contribution in [0.25, 0.3) is 0 Å². The van der Waals surface area contributed by atoms with Crippen molar-refractivity contribution >= 4 is 21.8 Å². The second-order valence-electron chi connectivity index (χ2n) is 3.22. The van der Waals surface area contributed by atoms with Gasteiger partial charge in [0.05, 0.1) is 0 Å². The summed E-state index contributed by atoms with van der Waals surface area (Å²) < 4.78 is 0. The van der Waals surface area contributed by atoms with Gasteiger partial charge in [-0.2, -0.15) is 0 Å². The van der Waals surface area contributed by atoms with Crippen LogP contribution in [-0.2, 0) is 4.79 Å². The molecule has 0 aliphatic carbocycles. The van der Waals surface area contributed by atoms with E-state index in [2.05, 4.69) is 29.8 Å². The minimum absolute atomic E-state index is 0.150. The topological polar surface area (TPSA) is 40.9 Å². The number of hydrogen-bond donors (Lipinski definition) is 0. The van der Waals surface area contributed by atoms with Crippen LogP contribution in [0.15, 0.2) is 0 Å². The Labute approximate surface area is 70.3 Å². The van der Waals surface area contributed by atoms with Gasteiger partial charge in [-0.25, -0.2) is 0 Å². The predicted octanol–water partition coefficient (Wildman–Crippen LogP) is 2.00. The lowest BCUT2D eigenvalue weighted by molar-refractivity contribution is -0.119. The lowest BCUT2D eigenvalue weighted by Crippen LogP contribution is -2.15. The van der Waals surface area contributed by atoms with E-state index in [4.69, 9.17) is 5.73 Å². The zero-order valence-electron chi connectivity index (χ0n) is 6.41. The van der Waals surface area contributed by atoms with Gasteiger partial charge in [0.15, 0.2) is 0 Å². The van der Waals surface area contributed by atoms with Crippen molar-refractivity contribution in [2.45, 2.75) is 26.7 Å². The summed E-state index contributed by atoms with van der Waals surface area (Å²) in [6, 6.07) is 0. The van der Waals surface area contributed by atoms with E-state index in [0.717, 1.165) is 11.8 Å². The van der Waals surface area contributed by atoms with E-state index in [1.165, 1.54) is 0 Å². The summed E-state index contributed by atoms with van der Waals surface area (Å²) in [5.41, 5.74) is 6.83. The first kappa shape index (κ1) is 9.95. The lowest BCUT2D eigenvalue weighted by atomic mass is 9.90. The molecule has 1 amide bonds. The lowest BCUT2D eigenvalue weighted by Gasteiger charge is -2.19. The van der Waals surface area contributed by atoms with E-state index in [9.17, 15) is 4.79 Å². The number of hydrogen-bond acceptors (Lipinski definition) is 1. The van der Waals surface area contributed by atoms with Crippen LogP contribution in [0.4, 0.5) is 0 Å². The van der Waals surface area contributed by atoms with Gasteiger partial charge < -0.3 is 0 Å². The predicted molar refractivity (Wildman–Crippen MR) is 44.9 cm³/mol. The molecule has 2 nitrogen and oxygen atoms in total. The van der Waals surface area contributed by atoms with Crippen LogP contribution in [0.5, 0.6) is 0 Å². The fourth-order valence-corrected chi connectivity index (χ4v) is 0.799. The van der Waals surface area contributed by atoms with Crippen molar-refractivity contribution in [3.8, 4) is 0 Å². The first-order valence-corrected chi connectivity index (χ1v) is 4.40. The first-order valence-electron chi connectivity index (χ1n) is 3.28. The molecule has 0 aromatic heterocycles. The molecule has 1 N–H and O–H groups in total. The van der Waals surface area contributed by atoms with Crippen molar-refractivity contribution in [1.82, 2.24) is 5.73 Å². The van der Waals surface area contributed by atoms with Gasteiger partial charge in [0.25, 0.3) is 0 Å². The summed E-state index contributed by atoms with van der Waals surface area (Å²) in [7, 11) is 0. The van der Waals surface area contributed by atoms with Gasteiger partial charge in [-0.1, -0.05) is 29.8 Å². The monoisotopic (exact) mass is 206 g/mol. The maximum absolute atomic E-state index is 10.3. The van der Waals surface area contributed by atoms with Crippen LogP contribution in [0.1, 0.15) is 26.7 Å². The molecule has 0 aliphatic heterocycles. The number of alkyl halides is 1. The molecular formula is C7H13BrNO. The van der Waals surface area contributed by atoms with E-state index in [1.807, 2.05) is 0 Å². The van der Waals surface area contributed by atoms with Crippen molar-refractivity contribution in [3.05, 3.63) is 0 Å². The van der Waals surface area contributed by atoms with E-state index >= 15 is 0 Å². The third-order valence-electron chi connectivity index (χ3n) is 1.39. The van der Waals surface area contributed by atoms with Gasteiger partial charge in [-0.05, 0) is 11.8 Å². The Balaban J connectivity index is 3.56. The number of carbonyl (C=O) groups excluding carboxylic acids is 1. The van der Waals surface area contributed by atoms with Gasteiger partial charge in [-0.3, -0.25) is 10.5 Å². The Morgan fingerprint density at radius 3 is 2.40 bits per heavy atom. The van der Waals surface area contributed by atoms with Crippen LogP contribution in [-0.4, -0.2) is 11.2 Å². The summed E-state index contributed by atoms with van der Waals surface area (Å²) in [5.74, 6) is -0.464. The van der Waals surface area contributed by atoms with Crippen molar-refractivity contribution in [2.75, 3.05) is 5.33 Å². The van der Waals surface area contributed by atoms with Gasteiger partial charge in [0, 0.05) is 11.8 Å². The van der Waals surface area contributed by atoms with Crippen LogP contribution in [0, 0.1) is 5.41 Å². The number of halogens is 1. The molecule has 0 heterocycles. The largest absolute Gasteiger partial charge is 0.273 e. The number of rotatable bonds is 4. The van der Waals surface area contributed by atoms with Crippen LogP contribution < -0.4 is 5.73 Å². The zero-order valence-corrected chi connectivity index (χ0v) is 7.99. The molecule has 1 radical (unpaired) electrons. The fourth-order valence-electron chi connectivity index (χ4n) is 0.519. The smallest absolute Gasteiger partial charge is 0.238 e. The molecule has 0 saturated heterocycles. The molecule has 10 heavy (non-hydrogen) atoms. The molecule has 0 saturated carbocycles. The van der Waals surface area contributed by atoms with Gasteiger partial charge in [0.1, 0.15) is 0 Å². The fraction of sp³-hybridized carbons (Fsp3) is 0.857. The highest BCUT2D eigenvalue weighted by Crippen LogP contribution is 2.24. The van der Waals surface area contributed by atoms with E-state index in [0.29, 0.717) is 6.42 Å². The second kappa shape index (κ2) is 3.96. The van der Waals surface area contributed by atoms with Crippen LogP contribution >= 0.6 is 15.9 Å². The molecule has 0 aromatic carbocycles. The third-order valence-corrected chi connectivity index (χ3v) is 2.91. The molecule has 0 aliphatic rings. The average Bonchev–Trinajstić information content (AvgIpc) is 1.85. The third kappa shape index (κ3) is 4.79. The highest BCUT2D eigenvalue weighted by molar-refractivity contribution is 9.09. The summed E-state index contributed by atoms with van der Waals surface area (Å²) in [4.78, 5) is 10.3. The number of nitrogens with one attached hydrogen (secondary N) is 1. The molecule has 0 rings (SSSR count). The van der Waals surface area contributed by atoms with E-state index in [1.54, 1.807) is 0 Å². The SMILES string of the molecule is CC(C)(CBr)CCC([NH])=O. The minimum atomic E-state index is -0.464. The molecule has 59 valence electrons. The normalized spacial score (nSPS) is 11.5. The van der Waals surface area contributed by atoms with Gasteiger partial charge in [-0.15, -0.1) is 0 Å². The minimum Gasteiger partial charge on any atom is -0.273 e. The van der Waals surface area contributed by atoms with Crippen molar-refractivity contribution < 1.29 is 4.79 Å². The van der Waals surface area contributed by atoms with E-state index < -0.39 is 5.91 Å². The summed E-state index contributed by atoms with van der Waals surface area (Å²) in [5, 5.41) is 0.882. The summed E-state index contributed by atoms with van der Waals surface area (Å²) in [6.07, 6.45) is 1.17. The zero-order chi connectivity index (χ0) is 8.20. The Morgan fingerprint density at radius 2 is 2.10 bits per heavy atom. The number of carbonyl (C=O) groups is 1. The quantitative estimate of drug-likeness (QED) is 0.650. The van der Waals surface area contributed by atoms with Crippen LogP contribution in [0.3, 0.4) is 0 Å². The highest BCUT2D eigenvalue weighted by atomic mass is 79.9. The highest BCUT2D eigenvalue weighted by Gasteiger charge is 2.16. The molecular weight excluding hydrogens is 194 g/mol.